The fourth-order valence-electron chi connectivity index (χ4n) is 11.7. The van der Waals surface area contributed by atoms with Gasteiger partial charge in [0.15, 0.2) is 49.8 Å². The van der Waals surface area contributed by atoms with E-state index in [1.54, 1.807) is 0 Å². The largest absolute Gasteiger partial charge is 0.503 e. The van der Waals surface area contributed by atoms with E-state index in [1.165, 1.54) is 6.92 Å². The van der Waals surface area contributed by atoms with Crippen LogP contribution in [0.2, 0.25) is 0 Å². The Morgan fingerprint density at radius 3 is 0.741 bits per heavy atom. The number of aliphatic hydroxyl groups excluding tert-OH is 20. The van der Waals surface area contributed by atoms with Crippen LogP contribution in [0.3, 0.4) is 0 Å². The SMILES string of the molecule is Cc1c(O)c(=O)ccn1[C@H]1[C@H]2O[C@H]3[C@H](O)[C@@H](O)[C@@H](O[C@H]4[C@H](O)[C@@H](O)[C@@H](O[C@H]5[C@H](O)[C@@H](O)[C@@H](O[C@H]6[C@H](O)[C@@H](O)[C@@H](O[C@H]7[C@H](O)[C@@H](O)[C@@H](O[C@H]8[C@H](O)[C@@H](O)[C@@H](O[C@@H]([C@@H]1O)[C@@H](CO)O2)O[C@@H]8CO)O[C@@H]7CO)O[C@@H]6CO)O[C@@H]5CO)O[C@@H]4CO)O[C@@H]3CO. The summed E-state index contributed by atoms with van der Waals surface area (Å²) in [6, 6.07) is -0.916. The van der Waals surface area contributed by atoms with E-state index in [0.29, 0.717) is 0 Å². The van der Waals surface area contributed by atoms with E-state index < -0.39 is 272 Å². The summed E-state index contributed by atoms with van der Waals surface area (Å²) in [5.41, 5.74) is -1.16. The Hall–Kier alpha value is -2.61. The van der Waals surface area contributed by atoms with Gasteiger partial charge in [0.25, 0.3) is 0 Å². The quantitative estimate of drug-likeness (QED) is 0.115. The first-order chi connectivity index (χ1) is 40.5. The molecule has 488 valence electrons. The monoisotopic (exact) mass is 1240 g/mol. The number of nitrogens with zero attached hydrogens (tertiary/aromatic N) is 1. The lowest BCUT2D eigenvalue weighted by Gasteiger charge is -2.51. The van der Waals surface area contributed by atoms with Crippen LogP contribution in [-0.4, -0.2) is 367 Å². The normalized spacial score (nSPS) is 51.2. The molecule has 14 bridgehead atoms. The second-order valence-corrected chi connectivity index (χ2v) is 21.7. The maximum atomic E-state index is 12.6. The Balaban J connectivity index is 1.05. The molecule has 15 fully saturated rings. The van der Waals surface area contributed by atoms with Crippen molar-refractivity contribution in [2.75, 3.05) is 46.2 Å². The zero-order valence-electron chi connectivity index (χ0n) is 44.8. The highest BCUT2D eigenvalue weighted by molar-refractivity contribution is 5.26. The van der Waals surface area contributed by atoms with E-state index in [0.717, 1.165) is 16.8 Å². The van der Waals surface area contributed by atoms with Gasteiger partial charge in [-0.25, -0.2) is 0 Å². The van der Waals surface area contributed by atoms with E-state index >= 15 is 0 Å². The number of fused-ring (bicyclic) bond motifs is 7. The van der Waals surface area contributed by atoms with Gasteiger partial charge in [-0.2, -0.15) is 0 Å². The summed E-state index contributed by atoms with van der Waals surface area (Å²) in [6.45, 7) is -6.28. The van der Waals surface area contributed by atoms with Crippen molar-refractivity contribution in [2.24, 2.45) is 0 Å². The van der Waals surface area contributed by atoms with Crippen molar-refractivity contribution < 1.29 is 174 Å². The lowest BCUT2D eigenvalue weighted by atomic mass is 9.93. The van der Waals surface area contributed by atoms with Crippen molar-refractivity contribution in [1.82, 2.24) is 4.57 Å². The van der Waals surface area contributed by atoms with Crippen LogP contribution in [0.25, 0.3) is 0 Å². The van der Waals surface area contributed by atoms with Crippen LogP contribution in [0.15, 0.2) is 17.1 Å². The highest BCUT2D eigenvalue weighted by atomic mass is 16.8. The van der Waals surface area contributed by atoms with Crippen molar-refractivity contribution in [3.05, 3.63) is 28.2 Å². The first-order valence-electron chi connectivity index (χ1n) is 27.2. The summed E-state index contributed by atoms with van der Waals surface area (Å²) in [4.78, 5) is 12.6. The Labute approximate surface area is 479 Å². The second-order valence-electron chi connectivity index (χ2n) is 21.7. The maximum absolute atomic E-state index is 12.6. The second kappa shape index (κ2) is 27.9. The third kappa shape index (κ3) is 12.8. The Morgan fingerprint density at radius 1 is 0.318 bits per heavy atom. The highest BCUT2D eigenvalue weighted by Gasteiger charge is 2.60. The standard InChI is InChI=1S/C48H75NO36/c1-11-21(58)12(57)2-3-49(11)20-22(59)35-13(4-50)72-42(20)79-36-14(5-51)73-44(29(66)23(36)60)81-38-16(7-53)75-46(31(68)25(38)62)83-40-18(9-55)77-48(33(70)27(40)64)85-41-19(10-56)78-47(34(71)28(41)65)84-39-17(8-54)76-45(32(69)26(39)63)82-37-15(6-52)74-43(80-35)30(67)24(37)61/h2-3,13-20,22-48,50-56,58-71H,4-10H2,1H3/t13-,14-,15-,16-,17-,18-,19-,20-,22-,23-,24-,25-,26-,27-,28-,29-,30-,31-,32-,33-,34-,35-,36-,37-,38-,39-,40-,41-,42-,43-,44-,45-,46-,47-,48-/m1/s1. The maximum Gasteiger partial charge on any atom is 0.223 e. The first-order valence-corrected chi connectivity index (χ1v) is 27.2. The number of aromatic hydroxyl groups is 1. The molecule has 85 heavy (non-hydrogen) atoms. The predicted octanol–water partition coefficient (Wildman–Crippen LogP) is -14.2. The van der Waals surface area contributed by atoms with Gasteiger partial charge < -0.3 is 178 Å². The predicted molar refractivity (Wildman–Crippen MR) is 259 cm³/mol. The summed E-state index contributed by atoms with van der Waals surface area (Å²) in [6.07, 6.45) is -67.9. The van der Waals surface area contributed by atoms with Gasteiger partial charge >= 0.3 is 0 Å². The van der Waals surface area contributed by atoms with Gasteiger partial charge in [0, 0.05) is 12.3 Å². The van der Waals surface area contributed by atoms with Crippen LogP contribution in [0.1, 0.15) is 11.7 Å². The third-order valence-electron chi connectivity index (χ3n) is 16.5. The molecular weight excluding hydrogens is 1170 g/mol. The van der Waals surface area contributed by atoms with E-state index in [-0.39, 0.29) is 5.69 Å². The van der Waals surface area contributed by atoms with Crippen molar-refractivity contribution in [3.8, 4) is 5.75 Å². The Morgan fingerprint density at radius 2 is 0.518 bits per heavy atom. The highest BCUT2D eigenvalue weighted by Crippen LogP contribution is 2.41. The van der Waals surface area contributed by atoms with Gasteiger partial charge in [0.2, 0.25) is 5.43 Å². The molecule has 0 radical (unpaired) electrons. The van der Waals surface area contributed by atoms with Gasteiger partial charge in [-0.1, -0.05) is 0 Å². The van der Waals surface area contributed by atoms with E-state index in [1.807, 2.05) is 0 Å². The van der Waals surface area contributed by atoms with Crippen molar-refractivity contribution in [1.29, 1.82) is 0 Å². The molecular formula is C48H75NO36. The minimum atomic E-state index is -2.26. The summed E-state index contributed by atoms with van der Waals surface area (Å²) in [7, 11) is 0. The van der Waals surface area contributed by atoms with Crippen LogP contribution >= 0.6 is 0 Å². The molecule has 15 aliphatic rings. The van der Waals surface area contributed by atoms with Crippen LogP contribution in [0.4, 0.5) is 0 Å². The average molecular weight is 1240 g/mol. The van der Waals surface area contributed by atoms with Gasteiger partial charge in [0.05, 0.1) is 51.9 Å². The molecule has 37 nitrogen and oxygen atoms in total. The number of pyridine rings is 1. The topological polar surface area (TPSA) is 576 Å². The van der Waals surface area contributed by atoms with Crippen LogP contribution in [0, 0.1) is 6.92 Å². The first kappa shape index (κ1) is 66.8. The van der Waals surface area contributed by atoms with E-state index in [4.69, 9.17) is 66.3 Å². The number of hydrogen-bond acceptors (Lipinski definition) is 36. The zero-order valence-corrected chi connectivity index (χ0v) is 44.8. The molecule has 0 amide bonds. The van der Waals surface area contributed by atoms with Gasteiger partial charge in [-0.3, -0.25) is 4.79 Å². The summed E-state index contributed by atoms with van der Waals surface area (Å²) >= 11 is 0. The summed E-state index contributed by atoms with van der Waals surface area (Å²) in [5, 5.41) is 234. The molecule has 0 saturated carbocycles. The smallest absolute Gasteiger partial charge is 0.223 e. The molecule has 35 atom stereocenters. The number of aromatic nitrogens is 1. The van der Waals surface area contributed by atoms with Crippen LogP contribution in [0.5, 0.6) is 5.75 Å². The number of aliphatic hydroxyl groups is 20. The van der Waals surface area contributed by atoms with Crippen molar-refractivity contribution in [3.63, 3.8) is 0 Å². The number of hydrogen-bond donors (Lipinski definition) is 21. The van der Waals surface area contributed by atoms with Gasteiger partial charge in [-0.05, 0) is 6.92 Å². The molecule has 0 aromatic carbocycles. The lowest BCUT2D eigenvalue weighted by molar-refractivity contribution is -0.396. The van der Waals surface area contributed by atoms with Crippen molar-refractivity contribution in [2.45, 2.75) is 222 Å². The summed E-state index contributed by atoms with van der Waals surface area (Å²) < 4.78 is 82.5. The van der Waals surface area contributed by atoms with Crippen molar-refractivity contribution >= 4 is 0 Å². The molecule has 15 saturated heterocycles. The van der Waals surface area contributed by atoms with E-state index in [2.05, 4.69) is 0 Å². The molecule has 0 aliphatic carbocycles. The molecule has 1 aromatic rings. The summed E-state index contributed by atoms with van der Waals surface area (Å²) in [5.74, 6) is -0.856. The van der Waals surface area contributed by atoms with Gasteiger partial charge in [0.1, 0.15) is 171 Å². The molecule has 15 aliphatic heterocycles. The molecule has 0 unspecified atom stereocenters. The number of ether oxygens (including phenoxy) is 14. The fraction of sp³-hybridized carbons (Fsp3) is 0.896. The molecule has 1 aromatic heterocycles. The molecule has 21 N–H and O–H groups in total. The van der Waals surface area contributed by atoms with Crippen LogP contribution < -0.4 is 5.43 Å². The van der Waals surface area contributed by atoms with Crippen LogP contribution in [-0.2, 0) is 66.3 Å². The minimum Gasteiger partial charge on any atom is -0.503 e. The average Bonchev–Trinajstić information content (AvgIpc) is 3.25. The Bertz CT molecular complexity index is 2350. The fourth-order valence-corrected chi connectivity index (χ4v) is 11.7. The molecule has 16 heterocycles. The van der Waals surface area contributed by atoms with Gasteiger partial charge in [-0.15, -0.1) is 0 Å². The Kier molecular flexibility index (Phi) is 21.9. The number of rotatable bonds is 8. The lowest BCUT2D eigenvalue weighted by Crippen LogP contribution is -2.68. The van der Waals surface area contributed by atoms with E-state index in [9.17, 15) is 112 Å². The molecule has 0 spiro atoms. The zero-order chi connectivity index (χ0) is 61.8. The molecule has 37 heteroatoms. The third-order valence-corrected chi connectivity index (χ3v) is 16.5. The molecule has 16 rings (SSSR count). The minimum absolute atomic E-state index is 0.263.